The standard InChI is InChI=1S/C19H25ClN2O4/c1-13(26-15-4-2-3-5-15)18(23)21-14-6-7-16(17(20)12-14)19(24)22-8-10-25-11-9-22/h6-7,12-13,15H,2-5,8-11H2,1H3,(H,21,23)/t13-/m0/s1. The molecule has 0 aromatic heterocycles. The van der Waals surface area contributed by atoms with E-state index >= 15 is 0 Å². The minimum Gasteiger partial charge on any atom is -0.378 e. The smallest absolute Gasteiger partial charge is 0.255 e. The number of morpholine rings is 1. The van der Waals surface area contributed by atoms with Crippen molar-refractivity contribution >= 4 is 29.1 Å². The maximum Gasteiger partial charge on any atom is 0.255 e. The zero-order valence-corrected chi connectivity index (χ0v) is 15.8. The largest absolute Gasteiger partial charge is 0.378 e. The highest BCUT2D eigenvalue weighted by atomic mass is 35.5. The highest BCUT2D eigenvalue weighted by Crippen LogP contribution is 2.24. The summed E-state index contributed by atoms with van der Waals surface area (Å²) in [5.41, 5.74) is 0.988. The van der Waals surface area contributed by atoms with E-state index in [0.29, 0.717) is 42.6 Å². The molecule has 2 aliphatic rings. The molecule has 1 aliphatic carbocycles. The van der Waals surface area contributed by atoms with Crippen LogP contribution in [0.3, 0.4) is 0 Å². The van der Waals surface area contributed by atoms with E-state index in [9.17, 15) is 9.59 Å². The molecule has 1 heterocycles. The lowest BCUT2D eigenvalue weighted by molar-refractivity contribution is -0.129. The molecule has 1 atom stereocenters. The third kappa shape index (κ3) is 4.75. The molecule has 2 fully saturated rings. The normalized spacial score (nSPS) is 19.4. The van der Waals surface area contributed by atoms with Gasteiger partial charge in [-0.15, -0.1) is 0 Å². The highest BCUT2D eigenvalue weighted by Gasteiger charge is 2.23. The van der Waals surface area contributed by atoms with Crippen molar-refractivity contribution < 1.29 is 19.1 Å². The summed E-state index contributed by atoms with van der Waals surface area (Å²) < 4.78 is 11.1. The number of benzene rings is 1. The highest BCUT2D eigenvalue weighted by molar-refractivity contribution is 6.34. The number of ether oxygens (including phenoxy) is 2. The van der Waals surface area contributed by atoms with E-state index in [1.54, 1.807) is 30.0 Å². The Morgan fingerprint density at radius 2 is 1.96 bits per heavy atom. The molecule has 1 N–H and O–H groups in total. The summed E-state index contributed by atoms with van der Waals surface area (Å²) in [5.74, 6) is -0.325. The Morgan fingerprint density at radius 3 is 2.62 bits per heavy atom. The Hall–Kier alpha value is -1.63. The van der Waals surface area contributed by atoms with Crippen LogP contribution in [0.15, 0.2) is 18.2 Å². The molecule has 26 heavy (non-hydrogen) atoms. The van der Waals surface area contributed by atoms with Crippen LogP contribution in [0.2, 0.25) is 5.02 Å². The monoisotopic (exact) mass is 380 g/mol. The average Bonchev–Trinajstić information content (AvgIpc) is 3.15. The number of hydrogen-bond donors (Lipinski definition) is 1. The van der Waals surface area contributed by atoms with Crippen LogP contribution in [0.1, 0.15) is 43.0 Å². The van der Waals surface area contributed by atoms with Crippen LogP contribution < -0.4 is 5.32 Å². The maximum atomic E-state index is 12.5. The van der Waals surface area contributed by atoms with Crippen LogP contribution in [-0.2, 0) is 14.3 Å². The lowest BCUT2D eigenvalue weighted by Crippen LogP contribution is -2.40. The first-order chi connectivity index (χ1) is 12.5. The first-order valence-electron chi connectivity index (χ1n) is 9.17. The van der Waals surface area contributed by atoms with Gasteiger partial charge in [-0.25, -0.2) is 0 Å². The van der Waals surface area contributed by atoms with Gasteiger partial charge in [0.15, 0.2) is 0 Å². The summed E-state index contributed by atoms with van der Waals surface area (Å²) in [6, 6.07) is 4.95. The summed E-state index contributed by atoms with van der Waals surface area (Å²) in [5, 5.41) is 3.13. The van der Waals surface area contributed by atoms with Crippen molar-refractivity contribution in [3.63, 3.8) is 0 Å². The van der Waals surface area contributed by atoms with Crippen LogP contribution in [-0.4, -0.2) is 55.2 Å². The van der Waals surface area contributed by atoms with Crippen LogP contribution in [0.5, 0.6) is 0 Å². The van der Waals surface area contributed by atoms with Crippen molar-refractivity contribution in [2.45, 2.75) is 44.8 Å². The molecule has 0 bridgehead atoms. The summed E-state index contributed by atoms with van der Waals surface area (Å²) in [6.45, 7) is 3.95. The quantitative estimate of drug-likeness (QED) is 0.852. The Morgan fingerprint density at radius 1 is 1.27 bits per heavy atom. The zero-order valence-electron chi connectivity index (χ0n) is 15.0. The Kier molecular flexibility index (Phi) is 6.51. The van der Waals surface area contributed by atoms with Gasteiger partial charge in [-0.1, -0.05) is 24.4 Å². The molecule has 7 heteroatoms. The molecule has 6 nitrogen and oxygen atoms in total. The molecule has 0 spiro atoms. The second-order valence-electron chi connectivity index (χ2n) is 6.77. The van der Waals surface area contributed by atoms with Crippen molar-refractivity contribution in [2.24, 2.45) is 0 Å². The van der Waals surface area contributed by atoms with Gasteiger partial charge in [-0.3, -0.25) is 9.59 Å². The number of carbonyl (C=O) groups is 2. The fourth-order valence-corrected chi connectivity index (χ4v) is 3.58. The topological polar surface area (TPSA) is 67.9 Å². The number of nitrogens with zero attached hydrogens (tertiary/aromatic N) is 1. The number of halogens is 1. The van der Waals surface area contributed by atoms with Gasteiger partial charge in [0.05, 0.1) is 29.9 Å². The fraction of sp³-hybridized carbons (Fsp3) is 0.579. The number of rotatable bonds is 5. The minimum atomic E-state index is -0.522. The number of nitrogens with one attached hydrogen (secondary N) is 1. The average molecular weight is 381 g/mol. The summed E-state index contributed by atoms with van der Waals surface area (Å²) >= 11 is 6.28. The maximum absolute atomic E-state index is 12.5. The van der Waals surface area contributed by atoms with Crippen molar-refractivity contribution in [3.8, 4) is 0 Å². The predicted octanol–water partition coefficient (Wildman–Crippen LogP) is 3.10. The predicted molar refractivity (Wildman–Crippen MR) is 99.6 cm³/mol. The van der Waals surface area contributed by atoms with Gasteiger partial charge >= 0.3 is 0 Å². The van der Waals surface area contributed by atoms with E-state index in [1.807, 2.05) is 0 Å². The lowest BCUT2D eigenvalue weighted by atomic mass is 10.1. The first-order valence-corrected chi connectivity index (χ1v) is 9.55. The van der Waals surface area contributed by atoms with Gasteiger partial charge in [0.25, 0.3) is 11.8 Å². The SMILES string of the molecule is C[C@H](OC1CCCC1)C(=O)Nc1ccc(C(=O)N2CCOCC2)c(Cl)c1. The van der Waals surface area contributed by atoms with Gasteiger partial charge in [-0.05, 0) is 38.0 Å². The third-order valence-electron chi connectivity index (χ3n) is 4.83. The van der Waals surface area contributed by atoms with Crippen LogP contribution in [0.25, 0.3) is 0 Å². The molecule has 142 valence electrons. The zero-order chi connectivity index (χ0) is 18.5. The first kappa shape index (κ1) is 19.1. The van der Waals surface area contributed by atoms with E-state index < -0.39 is 6.10 Å². The minimum absolute atomic E-state index is 0.117. The Balaban J connectivity index is 1.59. The van der Waals surface area contributed by atoms with Gasteiger partial charge in [0, 0.05) is 18.8 Å². The fourth-order valence-electron chi connectivity index (χ4n) is 3.32. The molecule has 0 radical (unpaired) electrons. The number of carbonyl (C=O) groups excluding carboxylic acids is 2. The molecule has 1 saturated carbocycles. The second kappa shape index (κ2) is 8.84. The Bertz CT molecular complexity index is 655. The lowest BCUT2D eigenvalue weighted by Gasteiger charge is -2.27. The molecule has 2 amide bonds. The molecule has 0 unspecified atom stereocenters. The second-order valence-corrected chi connectivity index (χ2v) is 7.18. The van der Waals surface area contributed by atoms with E-state index in [4.69, 9.17) is 21.1 Å². The molecule has 1 aliphatic heterocycles. The summed E-state index contributed by atoms with van der Waals surface area (Å²) in [4.78, 5) is 26.6. The molecule has 1 aromatic rings. The van der Waals surface area contributed by atoms with Crippen LogP contribution >= 0.6 is 11.6 Å². The van der Waals surface area contributed by atoms with Crippen molar-refractivity contribution in [1.29, 1.82) is 0 Å². The van der Waals surface area contributed by atoms with Gasteiger partial charge < -0.3 is 19.7 Å². The molecule has 3 rings (SSSR count). The van der Waals surface area contributed by atoms with Crippen molar-refractivity contribution in [1.82, 2.24) is 4.90 Å². The van der Waals surface area contributed by atoms with Crippen molar-refractivity contribution in [2.75, 3.05) is 31.6 Å². The molecular weight excluding hydrogens is 356 g/mol. The molecular formula is C19H25ClN2O4. The number of anilines is 1. The van der Waals surface area contributed by atoms with E-state index in [0.717, 1.165) is 25.7 Å². The van der Waals surface area contributed by atoms with E-state index in [1.165, 1.54) is 0 Å². The summed E-state index contributed by atoms with van der Waals surface area (Å²) in [7, 11) is 0. The number of hydrogen-bond acceptors (Lipinski definition) is 4. The van der Waals surface area contributed by atoms with Crippen molar-refractivity contribution in [3.05, 3.63) is 28.8 Å². The molecule has 1 saturated heterocycles. The van der Waals surface area contributed by atoms with Gasteiger partial charge in [0.2, 0.25) is 0 Å². The summed E-state index contributed by atoms with van der Waals surface area (Å²) in [6.07, 6.45) is 4.00. The van der Waals surface area contributed by atoms with Gasteiger partial charge in [-0.2, -0.15) is 0 Å². The third-order valence-corrected chi connectivity index (χ3v) is 5.15. The van der Waals surface area contributed by atoms with E-state index in [-0.39, 0.29) is 17.9 Å². The van der Waals surface area contributed by atoms with Gasteiger partial charge in [0.1, 0.15) is 6.10 Å². The van der Waals surface area contributed by atoms with E-state index in [2.05, 4.69) is 5.32 Å². The number of amides is 2. The Labute approximate surface area is 158 Å². The van der Waals surface area contributed by atoms with Crippen LogP contribution in [0.4, 0.5) is 5.69 Å². The molecule has 1 aromatic carbocycles. The van der Waals surface area contributed by atoms with Crippen LogP contribution in [0, 0.1) is 0 Å².